The molecule has 1 aromatic carbocycles. The second kappa shape index (κ2) is 11.6. The van der Waals surface area contributed by atoms with Gasteiger partial charge in [-0.05, 0) is 30.4 Å². The zero-order valence-corrected chi connectivity index (χ0v) is 16.0. The van der Waals surface area contributed by atoms with E-state index in [4.69, 9.17) is 13.3 Å². The van der Waals surface area contributed by atoms with E-state index in [1.807, 2.05) is 6.08 Å². The fraction of sp³-hybridized carbons (Fsp3) is 0.579. The molecule has 1 aromatic rings. The van der Waals surface area contributed by atoms with Gasteiger partial charge in [-0.1, -0.05) is 62.6 Å². The Morgan fingerprint density at radius 1 is 0.826 bits per heavy atom. The van der Waals surface area contributed by atoms with Crippen LogP contribution in [0.25, 0.3) is 6.08 Å². The van der Waals surface area contributed by atoms with Crippen molar-refractivity contribution in [3.8, 4) is 0 Å². The molecule has 23 heavy (non-hydrogen) atoms. The van der Waals surface area contributed by atoms with Gasteiger partial charge in [-0.15, -0.1) is 0 Å². The monoisotopic (exact) mass is 336 g/mol. The minimum Gasteiger partial charge on any atom is -0.377 e. The maximum Gasteiger partial charge on any atom is 0.500 e. The van der Waals surface area contributed by atoms with Gasteiger partial charge in [-0.2, -0.15) is 0 Å². The fourth-order valence-electron chi connectivity index (χ4n) is 2.75. The second-order valence-electron chi connectivity index (χ2n) is 5.86. The zero-order valence-electron chi connectivity index (χ0n) is 15.0. The van der Waals surface area contributed by atoms with Gasteiger partial charge in [0, 0.05) is 27.4 Å². The number of hydrogen-bond acceptors (Lipinski definition) is 3. The largest absolute Gasteiger partial charge is 0.500 e. The van der Waals surface area contributed by atoms with Crippen LogP contribution >= 0.6 is 0 Å². The predicted octanol–water partition coefficient (Wildman–Crippen LogP) is 5.09. The van der Waals surface area contributed by atoms with Gasteiger partial charge >= 0.3 is 8.80 Å². The van der Waals surface area contributed by atoms with Crippen LogP contribution in [-0.4, -0.2) is 30.1 Å². The number of hydrogen-bond donors (Lipinski definition) is 0. The maximum atomic E-state index is 5.44. The van der Waals surface area contributed by atoms with Crippen LogP contribution in [0.1, 0.15) is 49.7 Å². The molecule has 0 atom stereocenters. The van der Waals surface area contributed by atoms with Gasteiger partial charge in [-0.3, -0.25) is 0 Å². The molecule has 0 unspecified atom stereocenters. The van der Waals surface area contributed by atoms with Gasteiger partial charge in [0.25, 0.3) is 0 Å². The summed E-state index contributed by atoms with van der Waals surface area (Å²) in [6.45, 7) is 3.78. The van der Waals surface area contributed by atoms with Crippen molar-refractivity contribution >= 4 is 14.9 Å². The summed E-state index contributed by atoms with van der Waals surface area (Å²) in [4.78, 5) is 0. The Balaban J connectivity index is 2.06. The molecule has 0 bridgehead atoms. The van der Waals surface area contributed by atoms with E-state index in [1.54, 1.807) is 21.3 Å². The summed E-state index contributed by atoms with van der Waals surface area (Å²) in [7, 11) is 2.69. The van der Waals surface area contributed by atoms with Gasteiger partial charge in [-0.25, -0.2) is 0 Å². The quantitative estimate of drug-likeness (QED) is 0.371. The molecule has 0 aliphatic rings. The lowest BCUT2D eigenvalue weighted by Gasteiger charge is -2.24. The van der Waals surface area contributed by atoms with E-state index in [2.05, 4.69) is 30.8 Å². The molecule has 0 saturated heterocycles. The highest BCUT2D eigenvalue weighted by atomic mass is 28.4. The Morgan fingerprint density at radius 2 is 1.35 bits per heavy atom. The highest BCUT2D eigenvalue weighted by Gasteiger charge is 2.36. The van der Waals surface area contributed by atoms with Crippen LogP contribution in [0.3, 0.4) is 0 Å². The van der Waals surface area contributed by atoms with Gasteiger partial charge in [0.2, 0.25) is 0 Å². The third kappa shape index (κ3) is 7.44. The highest BCUT2D eigenvalue weighted by Crippen LogP contribution is 2.18. The molecule has 0 heterocycles. The molecule has 130 valence electrons. The van der Waals surface area contributed by atoms with Crippen molar-refractivity contribution in [2.24, 2.45) is 0 Å². The summed E-state index contributed by atoms with van der Waals surface area (Å²) in [5.41, 5.74) is 2.61. The zero-order chi connectivity index (χ0) is 17.0. The van der Waals surface area contributed by atoms with Crippen LogP contribution in [0.4, 0.5) is 0 Å². The Labute approximate surface area is 143 Å². The third-order valence-corrected chi connectivity index (χ3v) is 7.18. The van der Waals surface area contributed by atoms with E-state index >= 15 is 0 Å². The lowest BCUT2D eigenvalue weighted by atomic mass is 10.0. The summed E-state index contributed by atoms with van der Waals surface area (Å²) >= 11 is 0. The number of unbranched alkanes of at least 4 members (excludes halogenated alkanes) is 5. The van der Waals surface area contributed by atoms with E-state index in [0.29, 0.717) is 0 Å². The lowest BCUT2D eigenvalue weighted by Crippen LogP contribution is -2.42. The average Bonchev–Trinajstić information content (AvgIpc) is 2.61. The van der Waals surface area contributed by atoms with E-state index in [9.17, 15) is 0 Å². The lowest BCUT2D eigenvalue weighted by molar-refractivity contribution is 0.122. The van der Waals surface area contributed by atoms with E-state index in [-0.39, 0.29) is 0 Å². The summed E-state index contributed by atoms with van der Waals surface area (Å²) < 4.78 is 16.3. The van der Waals surface area contributed by atoms with Crippen LogP contribution in [0.2, 0.25) is 6.04 Å². The summed E-state index contributed by atoms with van der Waals surface area (Å²) in [5, 5.41) is 0. The number of benzene rings is 1. The van der Waals surface area contributed by atoms with Crippen LogP contribution in [0.15, 0.2) is 30.8 Å². The summed E-state index contributed by atoms with van der Waals surface area (Å²) in [5.74, 6) is 0. The molecule has 3 nitrogen and oxygen atoms in total. The average molecular weight is 337 g/mol. The van der Waals surface area contributed by atoms with Crippen molar-refractivity contribution in [1.29, 1.82) is 0 Å². The molecule has 0 aliphatic heterocycles. The van der Waals surface area contributed by atoms with Crippen LogP contribution in [0.5, 0.6) is 0 Å². The van der Waals surface area contributed by atoms with E-state index in [1.165, 1.54) is 49.7 Å². The predicted molar refractivity (Wildman–Crippen MR) is 99.5 cm³/mol. The van der Waals surface area contributed by atoms with Crippen molar-refractivity contribution < 1.29 is 13.3 Å². The van der Waals surface area contributed by atoms with Gasteiger partial charge in [0.1, 0.15) is 0 Å². The highest BCUT2D eigenvalue weighted by molar-refractivity contribution is 6.60. The first-order valence-corrected chi connectivity index (χ1v) is 10.5. The molecule has 0 aliphatic carbocycles. The minimum absolute atomic E-state index is 0.909. The standard InChI is InChI=1S/C19H32O3Si/c1-5-18-13-15-19(16-14-18)12-10-8-6-7-9-11-17-23(20-2,21-3)22-4/h5,13-16H,1,6-12,17H2,2-4H3. The normalized spacial score (nSPS) is 11.6. The third-order valence-electron chi connectivity index (χ3n) is 4.35. The molecule has 4 heteroatoms. The summed E-state index contributed by atoms with van der Waals surface area (Å²) in [6.07, 6.45) is 10.5. The molecule has 0 aromatic heterocycles. The molecule has 0 fully saturated rings. The topological polar surface area (TPSA) is 27.7 Å². The van der Waals surface area contributed by atoms with Crippen LogP contribution in [0, 0.1) is 0 Å². The van der Waals surface area contributed by atoms with Crippen molar-refractivity contribution in [2.75, 3.05) is 21.3 Å². The minimum atomic E-state index is -2.35. The maximum absolute atomic E-state index is 5.44. The van der Waals surface area contributed by atoms with Gasteiger partial charge in [0.05, 0.1) is 0 Å². The number of rotatable bonds is 13. The van der Waals surface area contributed by atoms with Crippen molar-refractivity contribution in [3.05, 3.63) is 42.0 Å². The van der Waals surface area contributed by atoms with Gasteiger partial charge < -0.3 is 13.3 Å². The first-order valence-electron chi connectivity index (χ1n) is 8.56. The number of aryl methyl sites for hydroxylation is 1. The Hall–Kier alpha value is -0.943. The molecule has 0 radical (unpaired) electrons. The first-order chi connectivity index (χ1) is 11.2. The van der Waals surface area contributed by atoms with Crippen molar-refractivity contribution in [2.45, 2.75) is 51.0 Å². The Morgan fingerprint density at radius 3 is 1.87 bits per heavy atom. The second-order valence-corrected chi connectivity index (χ2v) is 8.95. The molecule has 0 spiro atoms. The van der Waals surface area contributed by atoms with Gasteiger partial charge in [0.15, 0.2) is 0 Å². The Kier molecular flexibility index (Phi) is 10.1. The van der Waals surface area contributed by atoms with Crippen LogP contribution < -0.4 is 0 Å². The molecular formula is C19H32O3Si. The SMILES string of the molecule is C=Cc1ccc(CCCCCCCC[Si](OC)(OC)OC)cc1. The summed E-state index contributed by atoms with van der Waals surface area (Å²) in [6, 6.07) is 9.61. The molecule has 0 amide bonds. The fourth-order valence-corrected chi connectivity index (χ4v) is 4.55. The molecule has 0 N–H and O–H groups in total. The smallest absolute Gasteiger partial charge is 0.377 e. The van der Waals surface area contributed by atoms with E-state index < -0.39 is 8.80 Å². The molecule has 1 rings (SSSR count). The first kappa shape index (κ1) is 20.1. The van der Waals surface area contributed by atoms with E-state index in [0.717, 1.165) is 12.5 Å². The molecule has 0 saturated carbocycles. The Bertz CT molecular complexity index is 418. The van der Waals surface area contributed by atoms with Crippen molar-refractivity contribution in [3.63, 3.8) is 0 Å². The van der Waals surface area contributed by atoms with Crippen molar-refractivity contribution in [1.82, 2.24) is 0 Å². The molecular weight excluding hydrogens is 304 g/mol. The van der Waals surface area contributed by atoms with Crippen LogP contribution in [-0.2, 0) is 19.7 Å².